The van der Waals surface area contributed by atoms with Gasteiger partial charge in [0.15, 0.2) is 0 Å². The van der Waals surface area contributed by atoms with Crippen molar-refractivity contribution in [3.8, 4) is 0 Å². The van der Waals surface area contributed by atoms with Crippen LogP contribution in [0.2, 0.25) is 0 Å². The fraction of sp³-hybridized carbons (Fsp3) is 0.444. The molecule has 2 aromatic carbocycles. The highest BCUT2D eigenvalue weighted by Crippen LogP contribution is 2.25. The third-order valence-corrected chi connectivity index (χ3v) is 6.29. The maximum Gasteiger partial charge on any atom is 0.261 e. The monoisotopic (exact) mass is 433 g/mol. The van der Waals surface area contributed by atoms with Crippen molar-refractivity contribution in [3.63, 3.8) is 0 Å². The van der Waals surface area contributed by atoms with Crippen LogP contribution in [0.4, 0.5) is 0 Å². The molecule has 5 heteroatoms. The number of nitrogens with zero attached hydrogens (tertiary/aromatic N) is 3. The lowest BCUT2D eigenvalue weighted by atomic mass is 9.97. The minimum atomic E-state index is -0.302. The molecule has 0 aliphatic heterocycles. The van der Waals surface area contributed by atoms with E-state index in [2.05, 4.69) is 13.8 Å². The SMILES string of the molecule is CCCCC(CC)C(=O)N(CC)C(C)c1nc2ccccc2c(=O)n1Cc1ccccc1. The smallest absolute Gasteiger partial charge is 0.261 e. The standard InChI is InChI=1S/C27H35N3O2/c1-5-8-16-22(6-2)26(31)29(7-3)20(4)25-28-24-18-13-12-17-23(24)27(32)30(25)19-21-14-10-9-11-15-21/h9-15,17-18,20,22H,5-8,16,19H2,1-4H3. The predicted molar refractivity (Wildman–Crippen MR) is 131 cm³/mol. The number of para-hydroxylation sites is 1. The van der Waals surface area contributed by atoms with Crippen LogP contribution in [0, 0.1) is 5.92 Å². The van der Waals surface area contributed by atoms with E-state index in [4.69, 9.17) is 4.98 Å². The van der Waals surface area contributed by atoms with Crippen molar-refractivity contribution in [1.82, 2.24) is 14.5 Å². The summed E-state index contributed by atoms with van der Waals surface area (Å²) in [6, 6.07) is 17.1. The zero-order chi connectivity index (χ0) is 23.1. The van der Waals surface area contributed by atoms with Crippen molar-refractivity contribution < 1.29 is 4.79 Å². The Kier molecular flexibility index (Phi) is 8.20. The molecular formula is C27H35N3O2. The van der Waals surface area contributed by atoms with Crippen LogP contribution in [-0.2, 0) is 11.3 Å². The van der Waals surface area contributed by atoms with Gasteiger partial charge in [0.05, 0.1) is 23.5 Å². The van der Waals surface area contributed by atoms with E-state index in [9.17, 15) is 9.59 Å². The fourth-order valence-corrected chi connectivity index (χ4v) is 4.37. The number of benzene rings is 2. The number of hydrogen-bond acceptors (Lipinski definition) is 3. The molecule has 0 aliphatic rings. The van der Waals surface area contributed by atoms with E-state index in [0.29, 0.717) is 29.8 Å². The highest BCUT2D eigenvalue weighted by molar-refractivity contribution is 5.80. The minimum absolute atomic E-state index is 0.00658. The molecule has 32 heavy (non-hydrogen) atoms. The predicted octanol–water partition coefficient (Wildman–Crippen LogP) is 5.57. The summed E-state index contributed by atoms with van der Waals surface area (Å²) < 4.78 is 1.74. The average molecular weight is 434 g/mol. The van der Waals surface area contributed by atoms with E-state index in [1.165, 1.54) is 0 Å². The number of unbranched alkanes of at least 4 members (excludes halogenated alkanes) is 1. The quantitative estimate of drug-likeness (QED) is 0.420. The van der Waals surface area contributed by atoms with Crippen molar-refractivity contribution in [2.24, 2.45) is 5.92 Å². The highest BCUT2D eigenvalue weighted by atomic mass is 16.2. The maximum atomic E-state index is 13.5. The van der Waals surface area contributed by atoms with Gasteiger partial charge in [-0.05, 0) is 44.4 Å². The second-order valence-electron chi connectivity index (χ2n) is 8.41. The van der Waals surface area contributed by atoms with Crippen LogP contribution in [-0.4, -0.2) is 26.9 Å². The van der Waals surface area contributed by atoms with Gasteiger partial charge in [-0.3, -0.25) is 14.2 Å². The Hall–Kier alpha value is -2.95. The van der Waals surface area contributed by atoms with E-state index in [0.717, 1.165) is 31.2 Å². The number of fused-ring (bicyclic) bond motifs is 1. The minimum Gasteiger partial charge on any atom is -0.333 e. The van der Waals surface area contributed by atoms with Crippen molar-refractivity contribution in [1.29, 1.82) is 0 Å². The number of rotatable bonds is 10. The maximum absolute atomic E-state index is 13.5. The first-order valence-corrected chi connectivity index (χ1v) is 11.9. The Morgan fingerprint density at radius 1 is 1.03 bits per heavy atom. The summed E-state index contributed by atoms with van der Waals surface area (Å²) in [4.78, 5) is 33.7. The second-order valence-corrected chi connectivity index (χ2v) is 8.41. The molecule has 1 amide bonds. The number of amides is 1. The molecular weight excluding hydrogens is 398 g/mol. The number of carbonyl (C=O) groups excluding carboxylic acids is 1. The molecule has 0 bridgehead atoms. The molecule has 2 atom stereocenters. The van der Waals surface area contributed by atoms with E-state index in [1.54, 1.807) is 4.57 Å². The third-order valence-electron chi connectivity index (χ3n) is 6.29. The van der Waals surface area contributed by atoms with Crippen LogP contribution in [0.25, 0.3) is 10.9 Å². The molecule has 0 spiro atoms. The first kappa shape index (κ1) is 23.7. The lowest BCUT2D eigenvalue weighted by molar-refractivity contribution is -0.138. The van der Waals surface area contributed by atoms with E-state index < -0.39 is 0 Å². The molecule has 170 valence electrons. The third kappa shape index (κ3) is 5.09. The molecule has 1 aromatic heterocycles. The molecule has 3 rings (SSSR count). The first-order chi connectivity index (χ1) is 15.5. The zero-order valence-electron chi connectivity index (χ0n) is 19.8. The van der Waals surface area contributed by atoms with Crippen LogP contribution in [0.3, 0.4) is 0 Å². The van der Waals surface area contributed by atoms with Gasteiger partial charge in [0, 0.05) is 12.5 Å². The molecule has 0 saturated carbocycles. The normalized spacial score (nSPS) is 13.1. The molecule has 0 fully saturated rings. The van der Waals surface area contributed by atoms with Gasteiger partial charge in [-0.25, -0.2) is 4.98 Å². The molecule has 0 saturated heterocycles. The summed E-state index contributed by atoms with van der Waals surface area (Å²) in [6.45, 7) is 9.23. The van der Waals surface area contributed by atoms with E-state index in [1.807, 2.05) is 73.3 Å². The summed E-state index contributed by atoms with van der Waals surface area (Å²) in [5, 5.41) is 0.600. The second kappa shape index (κ2) is 11.1. The molecule has 0 N–H and O–H groups in total. The highest BCUT2D eigenvalue weighted by Gasteiger charge is 2.29. The molecule has 5 nitrogen and oxygen atoms in total. The van der Waals surface area contributed by atoms with Crippen molar-refractivity contribution in [3.05, 3.63) is 76.3 Å². The summed E-state index contributed by atoms with van der Waals surface area (Å²) in [7, 11) is 0. The molecule has 0 radical (unpaired) electrons. The number of hydrogen-bond donors (Lipinski definition) is 0. The van der Waals surface area contributed by atoms with E-state index in [-0.39, 0.29) is 23.4 Å². The Balaban J connectivity index is 2.07. The van der Waals surface area contributed by atoms with Gasteiger partial charge >= 0.3 is 0 Å². The zero-order valence-corrected chi connectivity index (χ0v) is 19.8. The van der Waals surface area contributed by atoms with E-state index >= 15 is 0 Å². The number of aromatic nitrogens is 2. The lowest BCUT2D eigenvalue weighted by Crippen LogP contribution is -2.40. The first-order valence-electron chi connectivity index (χ1n) is 11.9. The Labute approximate surface area is 191 Å². The van der Waals surface area contributed by atoms with Gasteiger partial charge < -0.3 is 4.90 Å². The van der Waals surface area contributed by atoms with Crippen LogP contribution in [0.15, 0.2) is 59.4 Å². The largest absolute Gasteiger partial charge is 0.333 e. The Morgan fingerprint density at radius 2 is 1.72 bits per heavy atom. The van der Waals surface area contributed by atoms with Crippen LogP contribution in [0.1, 0.15) is 70.8 Å². The van der Waals surface area contributed by atoms with Crippen LogP contribution in [0.5, 0.6) is 0 Å². The average Bonchev–Trinajstić information content (AvgIpc) is 2.82. The molecule has 2 unspecified atom stereocenters. The fourth-order valence-electron chi connectivity index (χ4n) is 4.37. The van der Waals surface area contributed by atoms with Gasteiger partial charge in [0.25, 0.3) is 5.56 Å². The van der Waals surface area contributed by atoms with Gasteiger partial charge in [0.2, 0.25) is 5.91 Å². The van der Waals surface area contributed by atoms with Crippen LogP contribution < -0.4 is 5.56 Å². The topological polar surface area (TPSA) is 55.2 Å². The molecule has 3 aromatic rings. The van der Waals surface area contributed by atoms with Crippen LogP contribution >= 0.6 is 0 Å². The summed E-state index contributed by atoms with van der Waals surface area (Å²) in [5.74, 6) is 0.801. The van der Waals surface area contributed by atoms with Crippen molar-refractivity contribution in [2.45, 2.75) is 66.0 Å². The summed E-state index contributed by atoms with van der Waals surface area (Å²) in [6.07, 6.45) is 3.85. The summed E-state index contributed by atoms with van der Waals surface area (Å²) in [5.41, 5.74) is 1.64. The van der Waals surface area contributed by atoms with Crippen molar-refractivity contribution >= 4 is 16.8 Å². The summed E-state index contributed by atoms with van der Waals surface area (Å²) >= 11 is 0. The van der Waals surface area contributed by atoms with Gasteiger partial charge in [-0.15, -0.1) is 0 Å². The molecule has 0 aliphatic carbocycles. The van der Waals surface area contributed by atoms with Gasteiger partial charge in [-0.1, -0.05) is 69.2 Å². The van der Waals surface area contributed by atoms with Crippen molar-refractivity contribution in [2.75, 3.05) is 6.54 Å². The van der Waals surface area contributed by atoms with Gasteiger partial charge in [0.1, 0.15) is 5.82 Å². The Morgan fingerprint density at radius 3 is 2.38 bits per heavy atom. The van der Waals surface area contributed by atoms with Gasteiger partial charge in [-0.2, -0.15) is 0 Å². The molecule has 1 heterocycles. The lowest BCUT2D eigenvalue weighted by Gasteiger charge is -2.32. The number of carbonyl (C=O) groups is 1. The Bertz CT molecular complexity index is 1090.